The van der Waals surface area contributed by atoms with Crippen molar-refractivity contribution < 1.29 is 14.0 Å². The number of rotatable bonds is 5. The Hall–Kier alpha value is -2.02. The lowest BCUT2D eigenvalue weighted by molar-refractivity contribution is -0.122. The van der Waals surface area contributed by atoms with E-state index in [9.17, 15) is 9.59 Å². The van der Waals surface area contributed by atoms with Crippen LogP contribution in [0.25, 0.3) is 0 Å². The van der Waals surface area contributed by atoms with Crippen molar-refractivity contribution in [3.63, 3.8) is 0 Å². The molecule has 7 nitrogen and oxygen atoms in total. The largest absolute Gasteiger partial charge is 0.467 e. The third-order valence-electron chi connectivity index (χ3n) is 4.29. The first kappa shape index (κ1) is 14.9. The lowest BCUT2D eigenvalue weighted by Crippen LogP contribution is -2.48. The molecule has 0 saturated carbocycles. The van der Waals surface area contributed by atoms with Crippen LogP contribution in [0.2, 0.25) is 0 Å². The molecule has 1 aromatic heterocycles. The molecular formula is C15H22N4O3. The van der Waals surface area contributed by atoms with Crippen molar-refractivity contribution in [3.8, 4) is 0 Å². The van der Waals surface area contributed by atoms with E-state index in [1.807, 2.05) is 11.0 Å². The Kier molecular flexibility index (Phi) is 4.62. The van der Waals surface area contributed by atoms with E-state index in [1.165, 1.54) is 0 Å². The van der Waals surface area contributed by atoms with Crippen LogP contribution in [-0.4, -0.2) is 60.5 Å². The maximum Gasteiger partial charge on any atom is 0.317 e. The molecule has 22 heavy (non-hydrogen) atoms. The first-order chi connectivity index (χ1) is 10.7. The van der Waals surface area contributed by atoms with Gasteiger partial charge in [-0.25, -0.2) is 4.79 Å². The van der Waals surface area contributed by atoms with Crippen molar-refractivity contribution >= 4 is 11.9 Å². The van der Waals surface area contributed by atoms with Gasteiger partial charge in [0, 0.05) is 32.2 Å². The molecule has 0 bridgehead atoms. The van der Waals surface area contributed by atoms with E-state index in [0.29, 0.717) is 19.1 Å². The molecule has 3 amide bonds. The molecule has 2 aliphatic heterocycles. The second-order valence-electron chi connectivity index (χ2n) is 5.79. The van der Waals surface area contributed by atoms with E-state index < -0.39 is 0 Å². The summed E-state index contributed by atoms with van der Waals surface area (Å²) in [6, 6.07) is 4.01. The number of nitrogens with one attached hydrogen (secondary N) is 2. The van der Waals surface area contributed by atoms with Gasteiger partial charge >= 0.3 is 6.03 Å². The molecule has 0 aromatic carbocycles. The summed E-state index contributed by atoms with van der Waals surface area (Å²) in [5.41, 5.74) is 0. The number of urea groups is 1. The molecule has 3 heterocycles. The highest BCUT2D eigenvalue weighted by atomic mass is 16.3. The lowest BCUT2D eigenvalue weighted by atomic mass is 10.0. The van der Waals surface area contributed by atoms with Gasteiger partial charge in [0.15, 0.2) is 0 Å². The van der Waals surface area contributed by atoms with Crippen LogP contribution >= 0.6 is 0 Å². The van der Waals surface area contributed by atoms with Crippen molar-refractivity contribution in [3.05, 3.63) is 24.2 Å². The molecule has 2 saturated heterocycles. The molecule has 0 radical (unpaired) electrons. The van der Waals surface area contributed by atoms with Gasteiger partial charge in [-0.15, -0.1) is 0 Å². The summed E-state index contributed by atoms with van der Waals surface area (Å²) in [5.74, 6) is 0.765. The van der Waals surface area contributed by atoms with E-state index in [0.717, 1.165) is 44.8 Å². The van der Waals surface area contributed by atoms with E-state index in [-0.39, 0.29) is 11.9 Å². The average molecular weight is 306 g/mol. The number of carbonyl (C=O) groups is 2. The fraction of sp³-hybridized carbons (Fsp3) is 0.600. The highest BCUT2D eigenvalue weighted by molar-refractivity contribution is 5.78. The second-order valence-corrected chi connectivity index (χ2v) is 5.79. The van der Waals surface area contributed by atoms with Crippen molar-refractivity contribution in [2.75, 3.05) is 32.7 Å². The maximum atomic E-state index is 11.9. The summed E-state index contributed by atoms with van der Waals surface area (Å²) in [7, 11) is 0. The van der Waals surface area contributed by atoms with Gasteiger partial charge in [0.05, 0.1) is 19.4 Å². The number of nitrogens with zero attached hydrogens (tertiary/aromatic N) is 2. The Morgan fingerprint density at radius 1 is 1.36 bits per heavy atom. The third-order valence-corrected chi connectivity index (χ3v) is 4.29. The SMILES string of the molecule is O=C(CN1CCC(N2CCNC2=O)CC1)NCc1ccco1. The Labute approximate surface area is 129 Å². The molecule has 3 rings (SSSR count). The molecule has 2 aliphatic rings. The van der Waals surface area contributed by atoms with Gasteiger partial charge in [0.25, 0.3) is 0 Å². The number of carbonyl (C=O) groups excluding carboxylic acids is 2. The predicted octanol–water partition coefficient (Wildman–Crippen LogP) is 0.385. The minimum absolute atomic E-state index is 0.00812. The Morgan fingerprint density at radius 2 is 2.18 bits per heavy atom. The molecule has 120 valence electrons. The van der Waals surface area contributed by atoms with Crippen LogP contribution in [-0.2, 0) is 11.3 Å². The van der Waals surface area contributed by atoms with Crippen LogP contribution in [0.1, 0.15) is 18.6 Å². The normalized spacial score (nSPS) is 20.2. The third kappa shape index (κ3) is 3.59. The van der Waals surface area contributed by atoms with Gasteiger partial charge in [0.2, 0.25) is 5.91 Å². The maximum absolute atomic E-state index is 11.9. The number of amides is 3. The first-order valence-electron chi connectivity index (χ1n) is 7.78. The van der Waals surface area contributed by atoms with Gasteiger partial charge in [-0.3, -0.25) is 9.69 Å². The zero-order valence-corrected chi connectivity index (χ0v) is 12.6. The highest BCUT2D eigenvalue weighted by Gasteiger charge is 2.30. The second kappa shape index (κ2) is 6.83. The van der Waals surface area contributed by atoms with Crippen molar-refractivity contribution in [2.45, 2.75) is 25.4 Å². The summed E-state index contributed by atoms with van der Waals surface area (Å²) in [4.78, 5) is 27.7. The van der Waals surface area contributed by atoms with Crippen LogP contribution in [0, 0.1) is 0 Å². The van der Waals surface area contributed by atoms with E-state index in [2.05, 4.69) is 15.5 Å². The fourth-order valence-electron chi connectivity index (χ4n) is 3.08. The van der Waals surface area contributed by atoms with Crippen LogP contribution in [0.3, 0.4) is 0 Å². The van der Waals surface area contributed by atoms with Gasteiger partial charge < -0.3 is 20.0 Å². The molecule has 0 unspecified atom stereocenters. The van der Waals surface area contributed by atoms with Crippen LogP contribution in [0.15, 0.2) is 22.8 Å². The van der Waals surface area contributed by atoms with E-state index >= 15 is 0 Å². The smallest absolute Gasteiger partial charge is 0.317 e. The summed E-state index contributed by atoms with van der Waals surface area (Å²) >= 11 is 0. The van der Waals surface area contributed by atoms with Crippen molar-refractivity contribution in [1.82, 2.24) is 20.4 Å². The molecule has 7 heteroatoms. The lowest BCUT2D eigenvalue weighted by Gasteiger charge is -2.35. The van der Waals surface area contributed by atoms with Crippen molar-refractivity contribution in [2.24, 2.45) is 0 Å². The van der Waals surface area contributed by atoms with E-state index in [4.69, 9.17) is 4.42 Å². The molecule has 0 aliphatic carbocycles. The molecular weight excluding hydrogens is 284 g/mol. The zero-order chi connectivity index (χ0) is 15.4. The summed E-state index contributed by atoms with van der Waals surface area (Å²) in [5, 5.41) is 5.70. The minimum atomic E-state index is 0.00812. The Morgan fingerprint density at radius 3 is 2.82 bits per heavy atom. The van der Waals surface area contributed by atoms with Gasteiger partial charge in [0.1, 0.15) is 5.76 Å². The van der Waals surface area contributed by atoms with Crippen LogP contribution in [0.5, 0.6) is 0 Å². The van der Waals surface area contributed by atoms with Crippen LogP contribution < -0.4 is 10.6 Å². The molecule has 2 fully saturated rings. The Bertz CT molecular complexity index is 509. The predicted molar refractivity (Wildman–Crippen MR) is 80.1 cm³/mol. The minimum Gasteiger partial charge on any atom is -0.467 e. The average Bonchev–Trinajstić information content (AvgIpc) is 3.17. The first-order valence-corrected chi connectivity index (χ1v) is 7.78. The monoisotopic (exact) mass is 306 g/mol. The van der Waals surface area contributed by atoms with Crippen molar-refractivity contribution in [1.29, 1.82) is 0 Å². The van der Waals surface area contributed by atoms with Gasteiger partial charge in [-0.2, -0.15) is 0 Å². The van der Waals surface area contributed by atoms with E-state index in [1.54, 1.807) is 12.3 Å². The standard InChI is InChI=1S/C15H22N4O3/c20-14(17-10-13-2-1-9-22-13)11-18-6-3-12(4-7-18)19-8-5-16-15(19)21/h1-2,9,12H,3-8,10-11H2,(H,16,21)(H,17,20). The van der Waals surface area contributed by atoms with Crippen LogP contribution in [0.4, 0.5) is 4.79 Å². The number of furan rings is 1. The number of hydrogen-bond acceptors (Lipinski definition) is 4. The number of likely N-dealkylation sites (tertiary alicyclic amines) is 1. The van der Waals surface area contributed by atoms with Gasteiger partial charge in [-0.1, -0.05) is 0 Å². The topological polar surface area (TPSA) is 77.8 Å². The number of hydrogen-bond donors (Lipinski definition) is 2. The molecule has 2 N–H and O–H groups in total. The quantitative estimate of drug-likeness (QED) is 0.825. The summed E-state index contributed by atoms with van der Waals surface area (Å²) in [6.45, 7) is 4.07. The molecule has 0 spiro atoms. The Balaban J connectivity index is 1.38. The molecule has 0 atom stereocenters. The zero-order valence-electron chi connectivity index (χ0n) is 12.6. The summed E-state index contributed by atoms with van der Waals surface area (Å²) < 4.78 is 5.18. The van der Waals surface area contributed by atoms with Gasteiger partial charge in [-0.05, 0) is 25.0 Å². The summed E-state index contributed by atoms with van der Waals surface area (Å²) in [6.07, 6.45) is 3.46. The number of piperidine rings is 1. The highest BCUT2D eigenvalue weighted by Crippen LogP contribution is 2.18. The molecule has 1 aromatic rings. The fourth-order valence-corrected chi connectivity index (χ4v) is 3.08.